The molecule has 0 aliphatic rings. The third-order valence-electron chi connectivity index (χ3n) is 3.75. The van der Waals surface area contributed by atoms with Crippen molar-refractivity contribution in [1.82, 2.24) is 0 Å². The van der Waals surface area contributed by atoms with Crippen molar-refractivity contribution in [2.75, 3.05) is 0 Å². The van der Waals surface area contributed by atoms with Gasteiger partial charge in [0.1, 0.15) is 5.75 Å². The first-order valence-electron chi connectivity index (χ1n) is 7.75. The fourth-order valence-corrected chi connectivity index (χ4v) is 2.37. The number of benzene rings is 2. The monoisotopic (exact) mass is 345 g/mol. The molecule has 0 aliphatic heterocycles. The predicted octanol–water partition coefficient (Wildman–Crippen LogP) is 5.27. The highest BCUT2D eigenvalue weighted by atomic mass is 35.5. The summed E-state index contributed by atoms with van der Waals surface area (Å²) in [5, 5.41) is 9.67. The minimum Gasteiger partial charge on any atom is -0.489 e. The number of carboxylic acids is 1. The van der Waals surface area contributed by atoms with Crippen molar-refractivity contribution in [1.29, 1.82) is 0 Å². The second kappa shape index (κ2) is 7.97. The lowest BCUT2D eigenvalue weighted by atomic mass is 10.1. The van der Waals surface area contributed by atoms with E-state index in [0.717, 1.165) is 12.0 Å². The van der Waals surface area contributed by atoms with Crippen molar-refractivity contribution >= 4 is 29.5 Å². The van der Waals surface area contributed by atoms with Gasteiger partial charge in [-0.15, -0.1) is 0 Å². The molecule has 1 atom stereocenters. The van der Waals surface area contributed by atoms with Gasteiger partial charge in [-0.2, -0.15) is 0 Å². The molecule has 0 radical (unpaired) electrons. The van der Waals surface area contributed by atoms with Crippen molar-refractivity contribution in [3.63, 3.8) is 0 Å². The number of aromatic carboxylic acids is 1. The molecule has 0 heterocycles. The SMILES string of the molecule is CC[C@@H](C)Oc1ccc(C=Nc2cccc(C(=O)O)c2C)cc1Cl. The summed E-state index contributed by atoms with van der Waals surface area (Å²) in [6, 6.07) is 10.5. The Bertz CT molecular complexity index is 771. The summed E-state index contributed by atoms with van der Waals surface area (Å²) < 4.78 is 5.73. The Hall–Kier alpha value is -2.33. The number of ether oxygens (including phenoxy) is 1. The van der Waals surface area contributed by atoms with Crippen LogP contribution in [0.3, 0.4) is 0 Å². The van der Waals surface area contributed by atoms with E-state index in [1.807, 2.05) is 26.0 Å². The number of nitrogens with zero attached hydrogens (tertiary/aromatic N) is 1. The number of hydrogen-bond acceptors (Lipinski definition) is 3. The zero-order chi connectivity index (χ0) is 17.7. The molecule has 0 saturated carbocycles. The third-order valence-corrected chi connectivity index (χ3v) is 4.04. The van der Waals surface area contributed by atoms with Crippen LogP contribution in [0.4, 0.5) is 5.69 Å². The average Bonchev–Trinajstić information content (AvgIpc) is 2.55. The lowest BCUT2D eigenvalue weighted by Gasteiger charge is -2.13. The van der Waals surface area contributed by atoms with Gasteiger partial charge in [-0.1, -0.05) is 24.6 Å². The van der Waals surface area contributed by atoms with Gasteiger partial charge in [0.05, 0.1) is 22.4 Å². The fraction of sp³-hybridized carbons (Fsp3) is 0.263. The Morgan fingerprint density at radius 1 is 1.38 bits per heavy atom. The molecule has 5 heteroatoms. The van der Waals surface area contributed by atoms with Crippen LogP contribution in [-0.4, -0.2) is 23.4 Å². The molecular formula is C19H20ClNO3. The van der Waals surface area contributed by atoms with Crippen molar-refractivity contribution < 1.29 is 14.6 Å². The van der Waals surface area contributed by atoms with Gasteiger partial charge in [-0.25, -0.2) is 4.79 Å². The van der Waals surface area contributed by atoms with Crippen molar-refractivity contribution in [3.05, 3.63) is 58.1 Å². The number of halogens is 1. The summed E-state index contributed by atoms with van der Waals surface area (Å²) >= 11 is 6.25. The van der Waals surface area contributed by atoms with Gasteiger partial charge in [-0.05, 0) is 61.7 Å². The van der Waals surface area contributed by atoms with E-state index in [2.05, 4.69) is 4.99 Å². The largest absolute Gasteiger partial charge is 0.489 e. The molecule has 2 aromatic carbocycles. The molecule has 2 rings (SSSR count). The molecular weight excluding hydrogens is 326 g/mol. The zero-order valence-electron chi connectivity index (χ0n) is 13.9. The number of rotatable bonds is 6. The molecule has 4 nitrogen and oxygen atoms in total. The van der Waals surface area contributed by atoms with E-state index >= 15 is 0 Å². The van der Waals surface area contributed by atoms with Crippen molar-refractivity contribution in [2.45, 2.75) is 33.3 Å². The van der Waals surface area contributed by atoms with Gasteiger partial charge >= 0.3 is 5.97 Å². The average molecular weight is 346 g/mol. The van der Waals surface area contributed by atoms with E-state index in [1.54, 1.807) is 37.4 Å². The van der Waals surface area contributed by atoms with Gasteiger partial charge in [0.25, 0.3) is 0 Å². The highest BCUT2D eigenvalue weighted by Gasteiger charge is 2.09. The summed E-state index contributed by atoms with van der Waals surface area (Å²) in [5.41, 5.74) is 2.31. The van der Waals surface area contributed by atoms with Crippen LogP contribution in [0.2, 0.25) is 5.02 Å². The highest BCUT2D eigenvalue weighted by Crippen LogP contribution is 2.27. The lowest BCUT2D eigenvalue weighted by Crippen LogP contribution is -2.09. The van der Waals surface area contributed by atoms with Crippen molar-refractivity contribution in [2.24, 2.45) is 4.99 Å². The molecule has 126 valence electrons. The first kappa shape index (κ1) is 18.0. The number of aliphatic imine (C=N–C) groups is 1. The quantitative estimate of drug-likeness (QED) is 0.725. The van der Waals surface area contributed by atoms with Gasteiger partial charge < -0.3 is 9.84 Å². The molecule has 24 heavy (non-hydrogen) atoms. The first-order valence-corrected chi connectivity index (χ1v) is 8.13. The standard InChI is InChI=1S/C19H20ClNO3/c1-4-12(2)24-18-9-8-14(10-16(18)20)11-21-17-7-5-6-15(13(17)3)19(22)23/h5-12H,4H2,1-3H3,(H,22,23)/t12-/m1/s1. The molecule has 1 N–H and O–H groups in total. The molecule has 0 fully saturated rings. The Kier molecular flexibility index (Phi) is 5.99. The summed E-state index contributed by atoms with van der Waals surface area (Å²) in [6.45, 7) is 5.78. The minimum atomic E-state index is -0.959. The number of hydrogen-bond donors (Lipinski definition) is 1. The van der Waals surface area contributed by atoms with Gasteiger partial charge in [0.15, 0.2) is 0 Å². The molecule has 0 aliphatic carbocycles. The van der Waals surface area contributed by atoms with Crippen LogP contribution >= 0.6 is 11.6 Å². The predicted molar refractivity (Wildman–Crippen MR) is 97.2 cm³/mol. The molecule has 0 saturated heterocycles. The first-order chi connectivity index (χ1) is 11.4. The summed E-state index contributed by atoms with van der Waals surface area (Å²) in [5.74, 6) is -0.314. The fourth-order valence-electron chi connectivity index (χ4n) is 2.13. The van der Waals surface area contributed by atoms with E-state index in [-0.39, 0.29) is 11.7 Å². The zero-order valence-corrected chi connectivity index (χ0v) is 14.7. The third kappa shape index (κ3) is 4.36. The van der Waals surface area contributed by atoms with Crippen LogP contribution in [0.1, 0.15) is 41.8 Å². The van der Waals surface area contributed by atoms with Gasteiger partial charge in [0.2, 0.25) is 0 Å². The Morgan fingerprint density at radius 2 is 2.12 bits per heavy atom. The summed E-state index contributed by atoms with van der Waals surface area (Å²) in [6.07, 6.45) is 2.66. The second-order valence-electron chi connectivity index (χ2n) is 5.54. The normalized spacial score (nSPS) is 12.3. The minimum absolute atomic E-state index is 0.100. The van der Waals surface area contributed by atoms with Crippen LogP contribution in [0.25, 0.3) is 0 Å². The van der Waals surface area contributed by atoms with Crippen LogP contribution < -0.4 is 4.74 Å². The molecule has 0 amide bonds. The molecule has 0 unspecified atom stereocenters. The van der Waals surface area contributed by atoms with E-state index in [4.69, 9.17) is 21.4 Å². The Morgan fingerprint density at radius 3 is 2.75 bits per heavy atom. The maximum Gasteiger partial charge on any atom is 0.336 e. The summed E-state index contributed by atoms with van der Waals surface area (Å²) in [4.78, 5) is 15.5. The summed E-state index contributed by atoms with van der Waals surface area (Å²) in [7, 11) is 0. The van der Waals surface area contributed by atoms with Gasteiger partial charge in [0, 0.05) is 6.21 Å². The molecule has 0 spiro atoms. The van der Waals surface area contributed by atoms with Crippen LogP contribution in [0.5, 0.6) is 5.75 Å². The smallest absolute Gasteiger partial charge is 0.336 e. The highest BCUT2D eigenvalue weighted by molar-refractivity contribution is 6.32. The Balaban J connectivity index is 2.22. The van der Waals surface area contributed by atoms with E-state index < -0.39 is 5.97 Å². The topological polar surface area (TPSA) is 58.9 Å². The van der Waals surface area contributed by atoms with Crippen LogP contribution in [-0.2, 0) is 0 Å². The van der Waals surface area contributed by atoms with Crippen LogP contribution in [0.15, 0.2) is 41.4 Å². The second-order valence-corrected chi connectivity index (χ2v) is 5.95. The van der Waals surface area contributed by atoms with E-state index in [9.17, 15) is 4.79 Å². The number of carbonyl (C=O) groups is 1. The molecule has 0 bridgehead atoms. The van der Waals surface area contributed by atoms with Crippen molar-refractivity contribution in [3.8, 4) is 5.75 Å². The molecule has 2 aromatic rings. The van der Waals surface area contributed by atoms with Gasteiger partial charge in [-0.3, -0.25) is 4.99 Å². The van der Waals surface area contributed by atoms with E-state index in [1.165, 1.54) is 0 Å². The van der Waals surface area contributed by atoms with Crippen LogP contribution in [0, 0.1) is 6.92 Å². The maximum atomic E-state index is 11.2. The lowest BCUT2D eigenvalue weighted by molar-refractivity contribution is 0.0696. The number of carboxylic acid groups (broad SMARTS) is 1. The molecule has 0 aromatic heterocycles. The maximum absolute atomic E-state index is 11.2. The van der Waals surface area contributed by atoms with E-state index in [0.29, 0.717) is 22.0 Å². The Labute approximate surface area is 146 Å².